The van der Waals surface area contributed by atoms with Gasteiger partial charge in [0.15, 0.2) is 10.8 Å². The molecule has 5 rings (SSSR count). The van der Waals surface area contributed by atoms with Gasteiger partial charge in [0.2, 0.25) is 0 Å². The van der Waals surface area contributed by atoms with Gasteiger partial charge in [-0.2, -0.15) is 5.06 Å². The first kappa shape index (κ1) is 31.1. The number of fused-ring (bicyclic) bond motifs is 1. The number of aliphatic imine (C=N–C) groups is 1. The molecule has 1 aromatic heterocycles. The molecule has 2 N–H and O–H groups in total. The van der Waals surface area contributed by atoms with E-state index in [-0.39, 0.29) is 38.3 Å². The highest BCUT2D eigenvalue weighted by Crippen LogP contribution is 2.42. The minimum Gasteiger partial charge on any atom is -0.481 e. The van der Waals surface area contributed by atoms with Crippen molar-refractivity contribution in [3.05, 3.63) is 63.0 Å². The number of halogens is 3. The smallest absolute Gasteiger partial charge is 0.338 e. The van der Waals surface area contributed by atoms with E-state index in [0.29, 0.717) is 27.7 Å². The molecular weight excluding hydrogens is 587 g/mol. The molecule has 0 spiro atoms. The summed E-state index contributed by atoms with van der Waals surface area (Å²) in [6.45, 7) is 5.66. The number of alkyl halides is 2. The fourth-order valence-corrected chi connectivity index (χ4v) is 6.24. The standard InChI is InChI=1S/C29H34F3N5O5S/c1-5-41-26(38)21-19(34-24(25-33-10-12-43-25)35-22(21)17-7-6-8-18(30)16(17)2)13-36-15-29(31,32)23-20(36)14-42-37(23)11-9-28(3,4)27(39)40/h6-8,10,12,20,22-23H,5,9,11,13-15H2,1-4H3,(H,34,35)(H,39,40)/t20-,22+,23+/m1/s1. The Bertz CT molecular complexity index is 1450. The lowest BCUT2D eigenvalue weighted by Gasteiger charge is -2.31. The summed E-state index contributed by atoms with van der Waals surface area (Å²) in [6, 6.07) is 1.50. The molecule has 2 fully saturated rings. The molecule has 0 aliphatic carbocycles. The third kappa shape index (κ3) is 6.06. The lowest BCUT2D eigenvalue weighted by molar-refractivity contribution is -0.186. The number of amidine groups is 1. The van der Waals surface area contributed by atoms with Gasteiger partial charge in [0.05, 0.1) is 36.8 Å². The molecule has 0 bridgehead atoms. The molecule has 10 nitrogen and oxygen atoms in total. The molecule has 0 amide bonds. The maximum Gasteiger partial charge on any atom is 0.338 e. The highest BCUT2D eigenvalue weighted by atomic mass is 32.1. The Labute approximate surface area is 251 Å². The van der Waals surface area contributed by atoms with Crippen LogP contribution < -0.4 is 5.32 Å². The molecule has 43 heavy (non-hydrogen) atoms. The predicted molar refractivity (Wildman–Crippen MR) is 152 cm³/mol. The van der Waals surface area contributed by atoms with Gasteiger partial charge in [0.1, 0.15) is 17.9 Å². The van der Waals surface area contributed by atoms with Gasteiger partial charge in [0.25, 0.3) is 5.92 Å². The third-order valence-corrected chi connectivity index (χ3v) is 8.94. The van der Waals surface area contributed by atoms with E-state index in [2.05, 4.69) is 10.3 Å². The van der Waals surface area contributed by atoms with Gasteiger partial charge in [-0.25, -0.2) is 22.9 Å². The van der Waals surface area contributed by atoms with Crippen LogP contribution in [0.5, 0.6) is 0 Å². The fraction of sp³-hybridized carbons (Fsp3) is 0.517. The van der Waals surface area contributed by atoms with Crippen LogP contribution in [0.25, 0.3) is 0 Å². The Hall–Kier alpha value is -3.33. The molecule has 3 aliphatic heterocycles. The van der Waals surface area contributed by atoms with Crippen molar-refractivity contribution in [2.24, 2.45) is 10.4 Å². The van der Waals surface area contributed by atoms with E-state index in [1.165, 1.54) is 28.5 Å². The molecule has 14 heteroatoms. The summed E-state index contributed by atoms with van der Waals surface area (Å²) in [4.78, 5) is 41.3. The second kappa shape index (κ2) is 12.0. The number of ether oxygens (including phenoxy) is 1. The van der Waals surface area contributed by atoms with Crippen molar-refractivity contribution in [1.29, 1.82) is 0 Å². The summed E-state index contributed by atoms with van der Waals surface area (Å²) in [7, 11) is 0. The largest absolute Gasteiger partial charge is 0.481 e. The third-order valence-electron chi connectivity index (χ3n) is 8.16. The van der Waals surface area contributed by atoms with Gasteiger partial charge in [-0.1, -0.05) is 12.1 Å². The SMILES string of the molecule is CCOC(=O)C1=C(CN2CC(F)(F)[C@@H]3[C@H]2CON3CCC(C)(C)C(=O)O)NC(c2nccs2)=N[C@H]1c1cccc(F)c1C. The Morgan fingerprint density at radius 3 is 2.77 bits per heavy atom. The second-order valence-corrected chi connectivity index (χ2v) is 12.4. The molecule has 0 saturated carbocycles. The van der Waals surface area contributed by atoms with Crippen LogP contribution in [0.2, 0.25) is 0 Å². The monoisotopic (exact) mass is 621 g/mol. The number of carbonyl (C=O) groups excluding carboxylic acids is 1. The van der Waals surface area contributed by atoms with Gasteiger partial charge in [-0.3, -0.25) is 19.5 Å². The van der Waals surface area contributed by atoms with Crippen molar-refractivity contribution in [2.75, 3.05) is 32.8 Å². The van der Waals surface area contributed by atoms with Crippen LogP contribution in [0.15, 0.2) is 46.0 Å². The van der Waals surface area contributed by atoms with E-state index in [4.69, 9.17) is 14.6 Å². The van der Waals surface area contributed by atoms with Crippen molar-refractivity contribution in [3.63, 3.8) is 0 Å². The summed E-state index contributed by atoms with van der Waals surface area (Å²) in [6.07, 6.45) is 1.71. The van der Waals surface area contributed by atoms with E-state index in [9.17, 15) is 19.1 Å². The molecule has 0 unspecified atom stereocenters. The number of nitrogens with zero attached hydrogens (tertiary/aromatic N) is 4. The van der Waals surface area contributed by atoms with Crippen LogP contribution in [0.1, 0.15) is 49.4 Å². The number of rotatable bonds is 10. The number of esters is 1. The number of carboxylic acids is 1. The summed E-state index contributed by atoms with van der Waals surface area (Å²) in [5, 5.41) is 16.1. The average Bonchev–Trinajstić information content (AvgIpc) is 3.68. The first-order valence-electron chi connectivity index (χ1n) is 14.0. The van der Waals surface area contributed by atoms with Gasteiger partial charge >= 0.3 is 11.9 Å². The van der Waals surface area contributed by atoms with Crippen molar-refractivity contribution < 1.29 is 37.4 Å². The molecule has 1 aromatic carbocycles. The van der Waals surface area contributed by atoms with Gasteiger partial charge in [0, 0.05) is 30.4 Å². The van der Waals surface area contributed by atoms with E-state index in [1.807, 2.05) is 0 Å². The molecule has 2 aromatic rings. The molecule has 0 radical (unpaired) electrons. The summed E-state index contributed by atoms with van der Waals surface area (Å²) in [5.41, 5.74) is 0.0263. The normalized spacial score (nSPS) is 24.1. The van der Waals surface area contributed by atoms with Gasteiger partial charge in [-0.15, -0.1) is 11.3 Å². The highest BCUT2D eigenvalue weighted by Gasteiger charge is 2.61. The first-order valence-corrected chi connectivity index (χ1v) is 14.9. The molecule has 232 valence electrons. The first-order chi connectivity index (χ1) is 20.3. The second-order valence-electron chi connectivity index (χ2n) is 11.5. The number of nitrogens with one attached hydrogen (secondary N) is 1. The van der Waals surface area contributed by atoms with Crippen LogP contribution in [0, 0.1) is 18.2 Å². The Morgan fingerprint density at radius 2 is 2.09 bits per heavy atom. The number of benzene rings is 1. The van der Waals surface area contributed by atoms with E-state index >= 15 is 8.78 Å². The summed E-state index contributed by atoms with van der Waals surface area (Å²) in [5.74, 6) is -5.04. The molecule has 4 heterocycles. The zero-order valence-corrected chi connectivity index (χ0v) is 25.1. The number of aromatic nitrogens is 1. The van der Waals surface area contributed by atoms with Crippen LogP contribution in [-0.4, -0.2) is 88.7 Å². The van der Waals surface area contributed by atoms with Crippen molar-refractivity contribution in [1.82, 2.24) is 20.3 Å². The van der Waals surface area contributed by atoms with Gasteiger partial charge < -0.3 is 15.2 Å². The predicted octanol–water partition coefficient (Wildman–Crippen LogP) is 3.94. The van der Waals surface area contributed by atoms with E-state index < -0.39 is 53.8 Å². The van der Waals surface area contributed by atoms with Crippen LogP contribution in [0.3, 0.4) is 0 Å². The zero-order valence-electron chi connectivity index (χ0n) is 24.3. The zero-order chi connectivity index (χ0) is 31.1. The number of thiazole rings is 1. The minimum absolute atomic E-state index is 0.0146. The van der Waals surface area contributed by atoms with Crippen LogP contribution >= 0.6 is 11.3 Å². The van der Waals surface area contributed by atoms with E-state index in [0.717, 1.165) is 0 Å². The number of hydrogen-bond donors (Lipinski definition) is 2. The van der Waals surface area contributed by atoms with Crippen molar-refractivity contribution >= 4 is 29.1 Å². The van der Waals surface area contributed by atoms with Crippen molar-refractivity contribution in [3.8, 4) is 0 Å². The fourth-order valence-electron chi connectivity index (χ4n) is 5.65. The molecular formula is C29H34F3N5O5S. The summed E-state index contributed by atoms with van der Waals surface area (Å²) < 4.78 is 51.2. The maximum atomic E-state index is 15.6. The number of hydroxylamine groups is 2. The van der Waals surface area contributed by atoms with Gasteiger partial charge in [-0.05, 0) is 51.3 Å². The Morgan fingerprint density at radius 1 is 1.33 bits per heavy atom. The molecule has 2 saturated heterocycles. The molecule has 3 aliphatic rings. The van der Waals surface area contributed by atoms with E-state index in [1.54, 1.807) is 50.2 Å². The number of likely N-dealkylation sites (tertiary alicyclic amines) is 1. The minimum atomic E-state index is -3.18. The van der Waals surface area contributed by atoms with Crippen molar-refractivity contribution in [2.45, 2.75) is 58.2 Å². The highest BCUT2D eigenvalue weighted by molar-refractivity contribution is 7.11. The number of carboxylic acid groups (broad SMARTS) is 1. The summed E-state index contributed by atoms with van der Waals surface area (Å²) >= 11 is 1.30. The Balaban J connectivity index is 1.51. The Kier molecular flexibility index (Phi) is 8.67. The quantitative estimate of drug-likeness (QED) is 0.381. The molecule has 3 atom stereocenters. The number of aliphatic carboxylic acids is 1. The van der Waals surface area contributed by atoms with Crippen LogP contribution in [-0.2, 0) is 19.2 Å². The average molecular weight is 622 g/mol. The maximum absolute atomic E-state index is 15.6. The number of carbonyl (C=O) groups is 2. The lowest BCUT2D eigenvalue weighted by Crippen LogP contribution is -2.46. The topological polar surface area (TPSA) is 117 Å². The lowest BCUT2D eigenvalue weighted by atomic mass is 9.89. The van der Waals surface area contributed by atoms with Crippen LogP contribution in [0.4, 0.5) is 13.2 Å². The number of hydrogen-bond acceptors (Lipinski definition) is 10.